The quantitative estimate of drug-likeness (QED) is 0.941. The topological polar surface area (TPSA) is 29.3 Å². The Hall–Kier alpha value is -1.64. The predicted molar refractivity (Wildman–Crippen MR) is 90.8 cm³/mol. The van der Waals surface area contributed by atoms with Gasteiger partial charge in [0.1, 0.15) is 0 Å². The Kier molecular flexibility index (Phi) is 3.73. The summed E-state index contributed by atoms with van der Waals surface area (Å²) in [6, 6.07) is 22.5. The average Bonchev–Trinajstić information content (AvgIpc) is 2.60. The van der Waals surface area contributed by atoms with Crippen molar-refractivity contribution in [3.63, 3.8) is 0 Å². The molecule has 2 atom stereocenters. The molecule has 0 radical (unpaired) electrons. The highest BCUT2D eigenvalue weighted by molar-refractivity contribution is 5.35. The second-order valence-electron chi connectivity index (χ2n) is 6.74. The molecule has 3 heterocycles. The number of fused-ring (bicyclic) bond motifs is 3. The normalized spacial score (nSPS) is 30.6. The lowest BCUT2D eigenvalue weighted by atomic mass is 9.71. The summed E-state index contributed by atoms with van der Waals surface area (Å²) in [4.78, 5) is 2.63. The first-order valence-corrected chi connectivity index (χ1v) is 8.44. The van der Waals surface area contributed by atoms with Crippen LogP contribution in [0.1, 0.15) is 29.9 Å². The number of benzene rings is 2. The van der Waals surface area contributed by atoms with Crippen LogP contribution in [0.15, 0.2) is 60.7 Å². The molecule has 2 nitrogen and oxygen atoms in total. The van der Waals surface area contributed by atoms with Gasteiger partial charge < -0.3 is 5.73 Å². The fraction of sp³-hybridized carbons (Fsp3) is 0.400. The fourth-order valence-corrected chi connectivity index (χ4v) is 4.47. The zero-order valence-electron chi connectivity index (χ0n) is 12.9. The first kappa shape index (κ1) is 14.0. The number of rotatable bonds is 3. The Labute approximate surface area is 132 Å². The van der Waals surface area contributed by atoms with Gasteiger partial charge in [-0.05, 0) is 43.0 Å². The maximum atomic E-state index is 6.70. The molecule has 0 aromatic heterocycles. The molecule has 3 saturated heterocycles. The summed E-state index contributed by atoms with van der Waals surface area (Å²) in [5.74, 6) is 1.07. The Morgan fingerprint density at radius 3 is 1.77 bits per heavy atom. The summed E-state index contributed by atoms with van der Waals surface area (Å²) in [6.45, 7) is 2.42. The van der Waals surface area contributed by atoms with Crippen LogP contribution in [0, 0.1) is 5.92 Å². The molecule has 3 aliphatic rings. The zero-order valence-corrected chi connectivity index (χ0v) is 12.9. The van der Waals surface area contributed by atoms with Crippen LogP contribution in [-0.2, 0) is 0 Å². The lowest BCUT2D eigenvalue weighted by Gasteiger charge is -2.52. The van der Waals surface area contributed by atoms with Crippen LogP contribution in [0.4, 0.5) is 0 Å². The van der Waals surface area contributed by atoms with Gasteiger partial charge in [-0.25, -0.2) is 0 Å². The van der Waals surface area contributed by atoms with Crippen LogP contribution in [-0.4, -0.2) is 30.1 Å². The third-order valence-electron chi connectivity index (χ3n) is 5.59. The van der Waals surface area contributed by atoms with Crippen LogP contribution in [0.5, 0.6) is 0 Å². The van der Waals surface area contributed by atoms with Crippen molar-refractivity contribution in [2.75, 3.05) is 13.1 Å². The molecule has 2 bridgehead atoms. The van der Waals surface area contributed by atoms with Crippen LogP contribution in [0.3, 0.4) is 0 Å². The molecule has 5 rings (SSSR count). The largest absolute Gasteiger partial charge is 0.326 e. The average molecular weight is 292 g/mol. The van der Waals surface area contributed by atoms with E-state index in [1.807, 2.05) is 0 Å². The third kappa shape index (κ3) is 2.37. The van der Waals surface area contributed by atoms with Gasteiger partial charge in [-0.2, -0.15) is 0 Å². The van der Waals surface area contributed by atoms with E-state index < -0.39 is 0 Å². The summed E-state index contributed by atoms with van der Waals surface area (Å²) in [5.41, 5.74) is 9.48. The lowest BCUT2D eigenvalue weighted by Crippen LogP contribution is -2.63. The van der Waals surface area contributed by atoms with E-state index in [0.29, 0.717) is 17.9 Å². The van der Waals surface area contributed by atoms with Crippen molar-refractivity contribution >= 4 is 0 Å². The highest BCUT2D eigenvalue weighted by Crippen LogP contribution is 2.40. The molecule has 0 spiro atoms. The highest BCUT2D eigenvalue weighted by atomic mass is 15.2. The smallest absolute Gasteiger partial charge is 0.0359 e. The molecular formula is C20H24N2. The Bertz CT molecular complexity index is 561. The van der Waals surface area contributed by atoms with Crippen LogP contribution in [0.2, 0.25) is 0 Å². The maximum absolute atomic E-state index is 6.70. The SMILES string of the molecule is N[C@H]1C2CCN(CC2)[C@@H]1C(c1ccccc1)c1ccccc1. The summed E-state index contributed by atoms with van der Waals surface area (Å²) < 4.78 is 0. The fourth-order valence-electron chi connectivity index (χ4n) is 4.47. The van der Waals surface area contributed by atoms with Crippen molar-refractivity contribution in [1.82, 2.24) is 4.90 Å². The van der Waals surface area contributed by atoms with E-state index in [1.165, 1.54) is 37.1 Å². The second-order valence-corrected chi connectivity index (χ2v) is 6.74. The Balaban J connectivity index is 1.78. The van der Waals surface area contributed by atoms with Crippen LogP contribution >= 0.6 is 0 Å². The third-order valence-corrected chi connectivity index (χ3v) is 5.59. The van der Waals surface area contributed by atoms with Gasteiger partial charge in [0, 0.05) is 18.0 Å². The van der Waals surface area contributed by atoms with Crippen molar-refractivity contribution in [2.24, 2.45) is 11.7 Å². The van der Waals surface area contributed by atoms with Gasteiger partial charge in [-0.15, -0.1) is 0 Å². The molecule has 2 heteroatoms. The zero-order chi connectivity index (χ0) is 14.9. The number of hydrogen-bond acceptors (Lipinski definition) is 2. The first-order valence-electron chi connectivity index (χ1n) is 8.44. The van der Waals surface area contributed by atoms with Crippen molar-refractivity contribution in [3.05, 3.63) is 71.8 Å². The summed E-state index contributed by atoms with van der Waals surface area (Å²) in [5, 5.41) is 0. The molecule has 0 unspecified atom stereocenters. The second kappa shape index (κ2) is 5.86. The van der Waals surface area contributed by atoms with Gasteiger partial charge in [-0.3, -0.25) is 4.90 Å². The number of piperidine rings is 3. The van der Waals surface area contributed by atoms with Crippen molar-refractivity contribution in [3.8, 4) is 0 Å². The van der Waals surface area contributed by atoms with Gasteiger partial charge in [0.25, 0.3) is 0 Å². The van der Waals surface area contributed by atoms with E-state index in [9.17, 15) is 0 Å². The molecule has 3 aliphatic heterocycles. The molecule has 0 aliphatic carbocycles. The summed E-state index contributed by atoms with van der Waals surface area (Å²) in [6.07, 6.45) is 2.54. The van der Waals surface area contributed by atoms with E-state index in [2.05, 4.69) is 65.6 Å². The van der Waals surface area contributed by atoms with E-state index in [-0.39, 0.29) is 6.04 Å². The number of nitrogens with zero attached hydrogens (tertiary/aromatic N) is 1. The molecule has 114 valence electrons. The molecule has 0 amide bonds. The van der Waals surface area contributed by atoms with Gasteiger partial charge in [-0.1, -0.05) is 60.7 Å². The van der Waals surface area contributed by atoms with E-state index in [1.54, 1.807) is 0 Å². The molecule has 3 fully saturated rings. The van der Waals surface area contributed by atoms with Gasteiger partial charge >= 0.3 is 0 Å². The lowest BCUT2D eigenvalue weighted by molar-refractivity contribution is 0.0204. The van der Waals surface area contributed by atoms with Crippen molar-refractivity contribution in [2.45, 2.75) is 30.8 Å². The minimum absolute atomic E-state index is 0.285. The first-order chi connectivity index (χ1) is 10.8. The van der Waals surface area contributed by atoms with Gasteiger partial charge in [0.2, 0.25) is 0 Å². The van der Waals surface area contributed by atoms with Crippen molar-refractivity contribution < 1.29 is 0 Å². The van der Waals surface area contributed by atoms with Crippen LogP contribution in [0.25, 0.3) is 0 Å². The highest BCUT2D eigenvalue weighted by Gasteiger charge is 2.44. The predicted octanol–water partition coefficient (Wildman–Crippen LogP) is 3.24. The standard InChI is InChI=1S/C20H24N2/c21-19-17-11-13-22(14-12-17)20(19)18(15-7-3-1-4-8-15)16-9-5-2-6-10-16/h1-10,17-20H,11-14,21H2/t19-,20+/m0/s1. The molecule has 2 N–H and O–H groups in total. The molecular weight excluding hydrogens is 268 g/mol. The van der Waals surface area contributed by atoms with E-state index in [4.69, 9.17) is 5.73 Å². The maximum Gasteiger partial charge on any atom is 0.0359 e. The molecule has 22 heavy (non-hydrogen) atoms. The molecule has 0 saturated carbocycles. The van der Waals surface area contributed by atoms with Crippen molar-refractivity contribution in [1.29, 1.82) is 0 Å². The number of nitrogens with two attached hydrogens (primary N) is 1. The summed E-state index contributed by atoms with van der Waals surface area (Å²) in [7, 11) is 0. The van der Waals surface area contributed by atoms with Crippen LogP contribution < -0.4 is 5.73 Å². The molecule has 2 aromatic rings. The monoisotopic (exact) mass is 292 g/mol. The minimum atomic E-state index is 0.285. The molecule has 2 aromatic carbocycles. The summed E-state index contributed by atoms with van der Waals surface area (Å²) >= 11 is 0. The minimum Gasteiger partial charge on any atom is -0.326 e. The van der Waals surface area contributed by atoms with E-state index >= 15 is 0 Å². The van der Waals surface area contributed by atoms with E-state index in [0.717, 1.165) is 0 Å². The Morgan fingerprint density at radius 2 is 1.32 bits per heavy atom. The number of hydrogen-bond donors (Lipinski definition) is 1. The van der Waals surface area contributed by atoms with Gasteiger partial charge in [0.05, 0.1) is 0 Å². The Morgan fingerprint density at radius 1 is 0.818 bits per heavy atom. The van der Waals surface area contributed by atoms with Gasteiger partial charge in [0.15, 0.2) is 0 Å².